The summed E-state index contributed by atoms with van der Waals surface area (Å²) in [6.07, 6.45) is -0.0863. The summed E-state index contributed by atoms with van der Waals surface area (Å²) in [5.41, 5.74) is 0.533. The second kappa shape index (κ2) is 4.74. The van der Waals surface area contributed by atoms with Crippen molar-refractivity contribution < 1.29 is 14.2 Å². The Balaban J connectivity index is 1.93. The fourth-order valence-corrected chi connectivity index (χ4v) is 1.71. The highest BCUT2D eigenvalue weighted by atomic mass is 16.7. The van der Waals surface area contributed by atoms with Crippen molar-refractivity contribution in [1.29, 1.82) is 5.26 Å². The molecule has 0 amide bonds. The third-order valence-corrected chi connectivity index (χ3v) is 2.50. The first kappa shape index (κ1) is 11.9. The van der Waals surface area contributed by atoms with E-state index >= 15 is 0 Å². The molecule has 0 aromatic heterocycles. The van der Waals surface area contributed by atoms with Crippen molar-refractivity contribution in [2.75, 3.05) is 13.2 Å². The lowest BCUT2D eigenvalue weighted by molar-refractivity contribution is -0.141. The lowest BCUT2D eigenvalue weighted by Crippen LogP contribution is -2.25. The van der Waals surface area contributed by atoms with E-state index in [0.717, 1.165) is 0 Å². The molecule has 1 saturated heterocycles. The minimum atomic E-state index is -0.539. The van der Waals surface area contributed by atoms with Crippen LogP contribution in [-0.4, -0.2) is 25.1 Å². The number of nitrogens with zero attached hydrogens (tertiary/aromatic N) is 1. The maximum Gasteiger partial charge on any atom is 0.163 e. The molecule has 0 unspecified atom stereocenters. The fourth-order valence-electron chi connectivity index (χ4n) is 1.71. The van der Waals surface area contributed by atoms with Crippen molar-refractivity contribution in [2.45, 2.75) is 25.7 Å². The van der Waals surface area contributed by atoms with Crippen LogP contribution < -0.4 is 4.74 Å². The summed E-state index contributed by atoms with van der Waals surface area (Å²) in [5, 5.41) is 8.91. The summed E-state index contributed by atoms with van der Waals surface area (Å²) in [6, 6.07) is 9.24. The number of rotatable bonds is 3. The Morgan fingerprint density at radius 3 is 2.88 bits per heavy atom. The molecule has 1 aliphatic heterocycles. The summed E-state index contributed by atoms with van der Waals surface area (Å²) in [4.78, 5) is 0. The first-order valence-electron chi connectivity index (χ1n) is 5.54. The van der Waals surface area contributed by atoms with Crippen LogP contribution in [0.15, 0.2) is 24.3 Å². The van der Waals surface area contributed by atoms with Crippen LogP contribution in [0.5, 0.6) is 5.75 Å². The van der Waals surface area contributed by atoms with Crippen LogP contribution in [0.2, 0.25) is 0 Å². The number of ether oxygens (including phenoxy) is 3. The van der Waals surface area contributed by atoms with E-state index in [1.807, 2.05) is 26.0 Å². The summed E-state index contributed by atoms with van der Waals surface area (Å²) >= 11 is 0. The summed E-state index contributed by atoms with van der Waals surface area (Å²) < 4.78 is 16.6. The number of para-hydroxylation sites is 1. The van der Waals surface area contributed by atoms with Gasteiger partial charge in [0, 0.05) is 0 Å². The van der Waals surface area contributed by atoms with E-state index in [0.29, 0.717) is 24.5 Å². The number of nitriles is 1. The molecule has 1 aromatic carbocycles. The Labute approximate surface area is 101 Å². The topological polar surface area (TPSA) is 51.5 Å². The van der Waals surface area contributed by atoms with E-state index in [1.165, 1.54) is 0 Å². The van der Waals surface area contributed by atoms with Gasteiger partial charge in [-0.2, -0.15) is 5.26 Å². The molecule has 0 spiro atoms. The van der Waals surface area contributed by atoms with E-state index in [4.69, 9.17) is 19.5 Å². The average molecular weight is 233 g/mol. The van der Waals surface area contributed by atoms with Crippen LogP contribution in [0.1, 0.15) is 19.4 Å². The lowest BCUT2D eigenvalue weighted by atomic mass is 10.2. The van der Waals surface area contributed by atoms with Crippen LogP contribution in [0.4, 0.5) is 0 Å². The molecule has 90 valence electrons. The molecule has 2 rings (SSSR count). The van der Waals surface area contributed by atoms with E-state index in [9.17, 15) is 0 Å². The zero-order valence-corrected chi connectivity index (χ0v) is 9.97. The van der Waals surface area contributed by atoms with Gasteiger partial charge in [-0.05, 0) is 26.0 Å². The van der Waals surface area contributed by atoms with Gasteiger partial charge in [0.1, 0.15) is 24.5 Å². The molecule has 0 N–H and O–H groups in total. The smallest absolute Gasteiger partial charge is 0.163 e. The second-order valence-corrected chi connectivity index (χ2v) is 4.37. The first-order valence-corrected chi connectivity index (χ1v) is 5.54. The predicted octanol–water partition coefficient (Wildman–Crippen LogP) is 2.09. The molecule has 0 saturated carbocycles. The molecule has 0 bridgehead atoms. The predicted molar refractivity (Wildman–Crippen MR) is 61.6 cm³/mol. The van der Waals surface area contributed by atoms with Crippen LogP contribution in [0, 0.1) is 11.3 Å². The Bertz CT molecular complexity index is 437. The molecule has 1 fully saturated rings. The molecule has 4 nitrogen and oxygen atoms in total. The van der Waals surface area contributed by atoms with Gasteiger partial charge in [0.2, 0.25) is 0 Å². The van der Waals surface area contributed by atoms with Crippen LogP contribution in [-0.2, 0) is 9.47 Å². The van der Waals surface area contributed by atoms with Gasteiger partial charge in [0.15, 0.2) is 5.79 Å². The van der Waals surface area contributed by atoms with Crippen LogP contribution in [0.3, 0.4) is 0 Å². The van der Waals surface area contributed by atoms with Crippen molar-refractivity contribution in [2.24, 2.45) is 0 Å². The van der Waals surface area contributed by atoms with Gasteiger partial charge in [0.05, 0.1) is 12.2 Å². The van der Waals surface area contributed by atoms with Gasteiger partial charge in [-0.15, -0.1) is 0 Å². The van der Waals surface area contributed by atoms with Gasteiger partial charge in [-0.1, -0.05) is 12.1 Å². The van der Waals surface area contributed by atoms with E-state index < -0.39 is 5.79 Å². The highest BCUT2D eigenvalue weighted by Gasteiger charge is 2.33. The lowest BCUT2D eigenvalue weighted by Gasteiger charge is -2.17. The molecule has 1 heterocycles. The second-order valence-electron chi connectivity index (χ2n) is 4.37. The van der Waals surface area contributed by atoms with Crippen LogP contribution in [0.25, 0.3) is 0 Å². The third-order valence-electron chi connectivity index (χ3n) is 2.50. The molecule has 0 radical (unpaired) electrons. The molecule has 0 aliphatic carbocycles. The molecular weight excluding hydrogens is 218 g/mol. The first-order chi connectivity index (χ1) is 8.11. The standard InChI is InChI=1S/C13H15NO3/c1-13(2)16-9-11(17-13)8-15-12-6-4-3-5-10(12)7-14/h3-6,11H,8-9H2,1-2H3/t11-/m1/s1. The maximum absolute atomic E-state index is 8.91. The van der Waals surface area contributed by atoms with E-state index in [1.54, 1.807) is 12.1 Å². The van der Waals surface area contributed by atoms with E-state index in [2.05, 4.69) is 6.07 Å². The molecule has 1 atom stereocenters. The minimum Gasteiger partial charge on any atom is -0.489 e. The molecule has 4 heteroatoms. The molecular formula is C13H15NO3. The Morgan fingerprint density at radius 2 is 2.24 bits per heavy atom. The Morgan fingerprint density at radius 1 is 1.47 bits per heavy atom. The quantitative estimate of drug-likeness (QED) is 0.802. The summed E-state index contributed by atoms with van der Waals surface area (Å²) in [7, 11) is 0. The van der Waals surface area contributed by atoms with E-state index in [-0.39, 0.29) is 6.10 Å². The number of hydrogen-bond donors (Lipinski definition) is 0. The zero-order chi connectivity index (χ0) is 12.3. The van der Waals surface area contributed by atoms with Crippen LogP contribution >= 0.6 is 0 Å². The van der Waals surface area contributed by atoms with Gasteiger partial charge in [-0.3, -0.25) is 0 Å². The van der Waals surface area contributed by atoms with Crippen molar-refractivity contribution in [3.8, 4) is 11.8 Å². The Kier molecular flexibility index (Phi) is 3.32. The maximum atomic E-state index is 8.91. The van der Waals surface area contributed by atoms with Gasteiger partial charge >= 0.3 is 0 Å². The number of hydrogen-bond acceptors (Lipinski definition) is 4. The molecule has 17 heavy (non-hydrogen) atoms. The van der Waals surface area contributed by atoms with Crippen molar-refractivity contribution >= 4 is 0 Å². The van der Waals surface area contributed by atoms with Gasteiger partial charge in [0.25, 0.3) is 0 Å². The fraction of sp³-hybridized carbons (Fsp3) is 0.462. The normalized spacial score (nSPS) is 22.1. The van der Waals surface area contributed by atoms with Crippen molar-refractivity contribution in [3.05, 3.63) is 29.8 Å². The van der Waals surface area contributed by atoms with Crippen molar-refractivity contribution in [3.63, 3.8) is 0 Å². The molecule has 1 aliphatic rings. The van der Waals surface area contributed by atoms with Gasteiger partial charge in [-0.25, -0.2) is 0 Å². The largest absolute Gasteiger partial charge is 0.489 e. The monoisotopic (exact) mass is 233 g/mol. The van der Waals surface area contributed by atoms with Crippen molar-refractivity contribution in [1.82, 2.24) is 0 Å². The average Bonchev–Trinajstić information content (AvgIpc) is 2.67. The highest BCUT2D eigenvalue weighted by Crippen LogP contribution is 2.23. The third kappa shape index (κ3) is 2.96. The van der Waals surface area contributed by atoms with Gasteiger partial charge < -0.3 is 14.2 Å². The highest BCUT2D eigenvalue weighted by molar-refractivity contribution is 5.42. The summed E-state index contributed by atoms with van der Waals surface area (Å²) in [5.74, 6) is 0.0475. The Hall–Kier alpha value is -1.57. The zero-order valence-electron chi connectivity index (χ0n) is 9.97. The SMILES string of the molecule is CC1(C)OC[C@@H](COc2ccccc2C#N)O1. The minimum absolute atomic E-state index is 0.0863. The molecule has 1 aromatic rings. The number of benzene rings is 1. The summed E-state index contributed by atoms with van der Waals surface area (Å²) in [6.45, 7) is 4.65.